The van der Waals surface area contributed by atoms with Crippen LogP contribution in [0, 0.1) is 3.57 Å². The monoisotopic (exact) mass is 378 g/mol. The summed E-state index contributed by atoms with van der Waals surface area (Å²) in [6.45, 7) is 2.22. The van der Waals surface area contributed by atoms with Crippen molar-refractivity contribution >= 4 is 51.7 Å². The van der Waals surface area contributed by atoms with Crippen LogP contribution in [0.1, 0.15) is 13.3 Å². The Kier molecular flexibility index (Phi) is 4.11. The van der Waals surface area contributed by atoms with Gasteiger partial charge in [0.05, 0.1) is 6.42 Å². The van der Waals surface area contributed by atoms with E-state index in [1.165, 1.54) is 4.90 Å². The maximum Gasteiger partial charge on any atom is 0.252 e. The van der Waals surface area contributed by atoms with Gasteiger partial charge >= 0.3 is 0 Å². The molecule has 18 heavy (non-hydrogen) atoms. The highest BCUT2D eigenvalue weighted by Crippen LogP contribution is 2.25. The number of benzene rings is 1. The lowest BCUT2D eigenvalue weighted by Crippen LogP contribution is -2.34. The summed E-state index contributed by atoms with van der Waals surface area (Å²) in [4.78, 5) is 24.8. The molecule has 0 bridgehead atoms. The van der Waals surface area contributed by atoms with Crippen LogP contribution in [0.25, 0.3) is 0 Å². The zero-order valence-electron chi connectivity index (χ0n) is 9.74. The molecule has 1 aliphatic rings. The Morgan fingerprint density at radius 2 is 2.22 bits per heavy atom. The van der Waals surface area contributed by atoms with Crippen molar-refractivity contribution in [1.82, 2.24) is 4.90 Å². The summed E-state index contributed by atoms with van der Waals surface area (Å²) >= 11 is 8.01. The lowest BCUT2D eigenvalue weighted by atomic mass is 10.2. The van der Waals surface area contributed by atoms with Crippen LogP contribution < -0.4 is 5.32 Å². The number of likely N-dealkylation sites (N-methyl/N-ethyl adjacent to an activating group) is 1. The molecule has 1 aromatic rings. The number of hydrogen-bond donors (Lipinski definition) is 1. The molecule has 0 aliphatic carbocycles. The molecule has 1 aromatic carbocycles. The van der Waals surface area contributed by atoms with Crippen LogP contribution in [0.3, 0.4) is 0 Å². The van der Waals surface area contributed by atoms with Crippen molar-refractivity contribution in [1.29, 1.82) is 0 Å². The van der Waals surface area contributed by atoms with Gasteiger partial charge in [-0.2, -0.15) is 0 Å². The van der Waals surface area contributed by atoms with E-state index in [1.807, 2.05) is 12.1 Å². The molecular formula is C12H12ClIN2O2. The van der Waals surface area contributed by atoms with Crippen molar-refractivity contribution in [3.8, 4) is 0 Å². The van der Waals surface area contributed by atoms with Crippen LogP contribution in [-0.2, 0) is 9.59 Å². The zero-order valence-corrected chi connectivity index (χ0v) is 12.7. The van der Waals surface area contributed by atoms with Crippen molar-refractivity contribution in [2.75, 3.05) is 11.9 Å². The summed E-state index contributed by atoms with van der Waals surface area (Å²) in [6.07, 6.45) is 0.214. The molecular weight excluding hydrogens is 367 g/mol. The fraction of sp³-hybridized carbons (Fsp3) is 0.333. The molecule has 96 valence electrons. The molecule has 0 aromatic heterocycles. The summed E-state index contributed by atoms with van der Waals surface area (Å²) in [7, 11) is 0. The third-order valence-electron chi connectivity index (χ3n) is 2.82. The highest BCUT2D eigenvalue weighted by molar-refractivity contribution is 14.1. The molecule has 2 rings (SSSR count). The third-order valence-corrected chi connectivity index (χ3v) is 3.95. The summed E-state index contributed by atoms with van der Waals surface area (Å²) in [5.41, 5.74) is 0.823. The number of likely N-dealkylation sites (tertiary alicyclic amines) is 1. The summed E-state index contributed by atoms with van der Waals surface area (Å²) in [5.74, 6) is -0.280. The molecule has 1 fully saturated rings. The molecule has 4 nitrogen and oxygen atoms in total. The molecule has 1 saturated heterocycles. The van der Waals surface area contributed by atoms with E-state index in [1.54, 1.807) is 13.0 Å². The summed E-state index contributed by atoms with van der Waals surface area (Å²) in [5, 5.41) is 3.75. The van der Waals surface area contributed by atoms with Gasteiger partial charge in [-0.1, -0.05) is 11.6 Å². The quantitative estimate of drug-likeness (QED) is 0.649. The molecule has 1 aliphatic heterocycles. The van der Waals surface area contributed by atoms with Crippen LogP contribution in [0.5, 0.6) is 0 Å². The van der Waals surface area contributed by atoms with Crippen LogP contribution in [0.15, 0.2) is 18.2 Å². The van der Waals surface area contributed by atoms with Gasteiger partial charge in [0, 0.05) is 20.8 Å². The number of halogens is 2. The summed E-state index contributed by atoms with van der Waals surface area (Å²) < 4.78 is 0.926. The second-order valence-corrected chi connectivity index (χ2v) is 5.60. The van der Waals surface area contributed by atoms with Gasteiger partial charge < -0.3 is 5.32 Å². The maximum atomic E-state index is 11.9. The van der Waals surface area contributed by atoms with E-state index in [0.29, 0.717) is 11.6 Å². The largest absolute Gasteiger partial charge is 0.372 e. The molecule has 0 spiro atoms. The average molecular weight is 379 g/mol. The second-order valence-electron chi connectivity index (χ2n) is 4.00. The van der Waals surface area contributed by atoms with Gasteiger partial charge in [-0.25, -0.2) is 0 Å². The van der Waals surface area contributed by atoms with E-state index in [2.05, 4.69) is 27.9 Å². The molecule has 1 atom stereocenters. The van der Waals surface area contributed by atoms with Gasteiger partial charge in [-0.3, -0.25) is 14.5 Å². The smallest absolute Gasteiger partial charge is 0.252 e. The van der Waals surface area contributed by atoms with Crippen molar-refractivity contribution in [2.45, 2.75) is 19.4 Å². The Bertz CT molecular complexity index is 507. The lowest BCUT2D eigenvalue weighted by Gasteiger charge is -2.15. The average Bonchev–Trinajstić information content (AvgIpc) is 2.58. The van der Waals surface area contributed by atoms with Gasteiger partial charge in [-0.05, 0) is 47.7 Å². The van der Waals surface area contributed by atoms with Gasteiger partial charge in [0.15, 0.2) is 0 Å². The van der Waals surface area contributed by atoms with Crippen LogP contribution in [-0.4, -0.2) is 29.3 Å². The molecule has 1 N–H and O–H groups in total. The number of imide groups is 1. The third kappa shape index (κ3) is 2.61. The van der Waals surface area contributed by atoms with Crippen molar-refractivity contribution in [3.05, 3.63) is 26.8 Å². The van der Waals surface area contributed by atoms with E-state index < -0.39 is 6.04 Å². The Balaban J connectivity index is 2.15. The van der Waals surface area contributed by atoms with E-state index in [4.69, 9.17) is 11.6 Å². The number of anilines is 1. The van der Waals surface area contributed by atoms with Gasteiger partial charge in [0.1, 0.15) is 6.04 Å². The number of rotatable bonds is 3. The van der Waals surface area contributed by atoms with Crippen molar-refractivity contribution in [3.63, 3.8) is 0 Å². The zero-order chi connectivity index (χ0) is 13.3. The van der Waals surface area contributed by atoms with Gasteiger partial charge in [0.2, 0.25) is 5.91 Å². The number of nitrogens with one attached hydrogen (secondary N) is 1. The molecule has 0 saturated carbocycles. The Hall–Kier alpha value is -0.820. The number of carbonyl (C=O) groups excluding carboxylic acids is 2. The SMILES string of the molecule is CCN1C(=O)CC(Nc2ccc(Cl)cc2I)C1=O. The van der Waals surface area contributed by atoms with E-state index in [-0.39, 0.29) is 18.2 Å². The second kappa shape index (κ2) is 5.44. The maximum absolute atomic E-state index is 11.9. The van der Waals surface area contributed by atoms with Crippen molar-refractivity contribution < 1.29 is 9.59 Å². The highest BCUT2D eigenvalue weighted by Gasteiger charge is 2.37. The number of carbonyl (C=O) groups is 2. The normalized spacial score (nSPS) is 19.5. The number of nitrogens with zero attached hydrogens (tertiary/aromatic N) is 1. The lowest BCUT2D eigenvalue weighted by molar-refractivity contribution is -0.138. The Morgan fingerprint density at radius 1 is 1.50 bits per heavy atom. The molecule has 0 radical (unpaired) electrons. The predicted octanol–water partition coefficient (Wildman–Crippen LogP) is 2.50. The molecule has 2 amide bonds. The van der Waals surface area contributed by atoms with Crippen LogP contribution in [0.2, 0.25) is 5.02 Å². The topological polar surface area (TPSA) is 49.4 Å². The highest BCUT2D eigenvalue weighted by atomic mass is 127. The number of amides is 2. The Labute approximate surface area is 124 Å². The van der Waals surface area contributed by atoms with E-state index in [9.17, 15) is 9.59 Å². The summed E-state index contributed by atoms with van der Waals surface area (Å²) in [6, 6.07) is 4.91. The predicted molar refractivity (Wildman–Crippen MR) is 78.6 cm³/mol. The standard InChI is InChI=1S/C12H12ClIN2O2/c1-2-16-11(17)6-10(12(16)18)15-9-4-3-7(13)5-8(9)14/h3-5,10,15H,2,6H2,1H3. The minimum Gasteiger partial charge on any atom is -0.372 e. The first-order chi connectivity index (χ1) is 8.52. The van der Waals surface area contributed by atoms with Gasteiger partial charge in [-0.15, -0.1) is 0 Å². The minimum atomic E-state index is -0.466. The van der Waals surface area contributed by atoms with E-state index >= 15 is 0 Å². The van der Waals surface area contributed by atoms with Crippen molar-refractivity contribution in [2.24, 2.45) is 0 Å². The molecule has 6 heteroatoms. The first-order valence-electron chi connectivity index (χ1n) is 5.58. The van der Waals surface area contributed by atoms with Gasteiger partial charge in [0.25, 0.3) is 5.91 Å². The molecule has 1 heterocycles. The fourth-order valence-electron chi connectivity index (χ4n) is 1.92. The van der Waals surface area contributed by atoms with Crippen LogP contribution in [0.4, 0.5) is 5.69 Å². The Morgan fingerprint density at radius 3 is 2.78 bits per heavy atom. The first-order valence-corrected chi connectivity index (χ1v) is 7.04. The fourth-order valence-corrected chi connectivity index (χ4v) is 2.95. The first kappa shape index (κ1) is 13.6. The van der Waals surface area contributed by atoms with Crippen LogP contribution >= 0.6 is 34.2 Å². The number of hydrogen-bond acceptors (Lipinski definition) is 3. The minimum absolute atomic E-state index is 0.121. The molecule has 1 unspecified atom stereocenters. The van der Waals surface area contributed by atoms with E-state index in [0.717, 1.165) is 9.26 Å².